The van der Waals surface area contributed by atoms with E-state index in [9.17, 15) is 28.8 Å². The first kappa shape index (κ1) is 44.1. The van der Waals surface area contributed by atoms with E-state index >= 15 is 0 Å². The molecule has 0 aromatic carbocycles. The van der Waals surface area contributed by atoms with Crippen molar-refractivity contribution in [1.29, 1.82) is 0 Å². The smallest absolute Gasteiger partial charge is 0.331 e. The van der Waals surface area contributed by atoms with E-state index in [0.717, 1.165) is 18.2 Å². The molecule has 7 N–H and O–H groups in total. The van der Waals surface area contributed by atoms with Crippen LogP contribution in [0.25, 0.3) is 0 Å². The third kappa shape index (κ3) is 30.1. The maximum atomic E-state index is 11.4. The van der Waals surface area contributed by atoms with E-state index in [1.807, 2.05) is 6.92 Å². The summed E-state index contributed by atoms with van der Waals surface area (Å²) in [5, 5.41) is 57.5. The second-order valence-electron chi connectivity index (χ2n) is 7.02. The van der Waals surface area contributed by atoms with Gasteiger partial charge < -0.3 is 35.7 Å². The molecule has 0 aromatic heterocycles. The van der Waals surface area contributed by atoms with Crippen LogP contribution in [0.5, 0.6) is 0 Å². The van der Waals surface area contributed by atoms with Gasteiger partial charge in [0.15, 0.2) is 5.78 Å². The van der Waals surface area contributed by atoms with Gasteiger partial charge in [0.05, 0.1) is 26.2 Å². The van der Waals surface area contributed by atoms with Crippen LogP contribution in [0.1, 0.15) is 47.0 Å². The standard InChI is InChI=1S/C10H14O4.C6H14O3.3C3H4O2/c1-4-8(7(3)10(13)14)9(12)5-6(2)11;1-2-6(3-7,4-8)5-9;3*1-2-3(4)5/h4-5H2,1-3H3,(H,13,14);7-9H,2-5H2,1H3;3*2H,1H2,(H,4,5). The Morgan fingerprint density at radius 3 is 1.08 bits per heavy atom. The molecule has 0 fully saturated rings. The summed E-state index contributed by atoms with van der Waals surface area (Å²) in [6, 6.07) is 0. The molecule has 0 saturated heterocycles. The molecule has 0 aliphatic carbocycles. The maximum Gasteiger partial charge on any atom is 0.331 e. The van der Waals surface area contributed by atoms with Crippen molar-refractivity contribution in [2.75, 3.05) is 19.8 Å². The average molecular weight is 549 g/mol. The normalized spacial score (nSPS) is 9.76. The Morgan fingerprint density at radius 1 is 0.684 bits per heavy atom. The molecule has 218 valence electrons. The largest absolute Gasteiger partial charge is 0.478 e. The van der Waals surface area contributed by atoms with Crippen LogP contribution >= 0.6 is 0 Å². The first-order chi connectivity index (χ1) is 17.4. The molecule has 0 aliphatic heterocycles. The quantitative estimate of drug-likeness (QED) is 0.135. The Balaban J connectivity index is -0.000000130. The van der Waals surface area contributed by atoms with Gasteiger partial charge in [-0.25, -0.2) is 19.2 Å². The van der Waals surface area contributed by atoms with Crippen LogP contribution in [0.4, 0.5) is 0 Å². The monoisotopic (exact) mass is 548 g/mol. The van der Waals surface area contributed by atoms with Crippen molar-refractivity contribution >= 4 is 35.4 Å². The van der Waals surface area contributed by atoms with Crippen molar-refractivity contribution in [3.05, 3.63) is 49.1 Å². The van der Waals surface area contributed by atoms with Gasteiger partial charge in [-0.15, -0.1) is 0 Å². The molecule has 0 unspecified atom stereocenters. The van der Waals surface area contributed by atoms with Gasteiger partial charge in [0.1, 0.15) is 5.78 Å². The number of aliphatic hydroxyl groups is 3. The summed E-state index contributed by atoms with van der Waals surface area (Å²) >= 11 is 0. The fourth-order valence-electron chi connectivity index (χ4n) is 1.62. The van der Waals surface area contributed by atoms with Crippen LogP contribution in [0.3, 0.4) is 0 Å². The number of allylic oxidation sites excluding steroid dienone is 1. The summed E-state index contributed by atoms with van der Waals surface area (Å²) in [7, 11) is 0. The lowest BCUT2D eigenvalue weighted by molar-refractivity contribution is -0.133. The second-order valence-corrected chi connectivity index (χ2v) is 7.02. The number of carbonyl (C=O) groups excluding carboxylic acids is 2. The lowest BCUT2D eigenvalue weighted by atomic mass is 9.88. The number of ketones is 2. The molecule has 0 bridgehead atoms. The first-order valence-electron chi connectivity index (χ1n) is 10.8. The summed E-state index contributed by atoms with van der Waals surface area (Å²) in [6.45, 7) is 14.6. The Kier molecular flexibility index (Phi) is 32.1. The van der Waals surface area contributed by atoms with Crippen molar-refractivity contribution < 1.29 is 64.5 Å². The predicted octanol–water partition coefficient (Wildman–Crippen LogP) is 1.48. The molecule has 0 rings (SSSR count). The van der Waals surface area contributed by atoms with E-state index in [0.29, 0.717) is 12.8 Å². The van der Waals surface area contributed by atoms with Crippen molar-refractivity contribution in [2.24, 2.45) is 5.41 Å². The molecule has 13 nitrogen and oxygen atoms in total. The third-order valence-corrected chi connectivity index (χ3v) is 4.15. The minimum atomic E-state index is -1.11. The molecule has 38 heavy (non-hydrogen) atoms. The van der Waals surface area contributed by atoms with Crippen LogP contribution in [0.2, 0.25) is 0 Å². The van der Waals surface area contributed by atoms with Crippen LogP contribution in [-0.4, -0.2) is 91.0 Å². The number of aliphatic hydroxyl groups excluding tert-OH is 3. The number of carboxylic acids is 4. The highest BCUT2D eigenvalue weighted by molar-refractivity contribution is 6.10. The number of carboxylic acid groups (broad SMARTS) is 4. The number of hydrogen-bond acceptors (Lipinski definition) is 9. The van der Waals surface area contributed by atoms with E-state index in [-0.39, 0.29) is 49.0 Å². The van der Waals surface area contributed by atoms with Gasteiger partial charge in [-0.3, -0.25) is 9.59 Å². The Morgan fingerprint density at radius 2 is 0.974 bits per heavy atom. The van der Waals surface area contributed by atoms with Crippen molar-refractivity contribution in [2.45, 2.75) is 47.0 Å². The summed E-state index contributed by atoms with van der Waals surface area (Å²) in [4.78, 5) is 60.4. The molecule has 0 radical (unpaired) electrons. The maximum absolute atomic E-state index is 11.4. The lowest BCUT2D eigenvalue weighted by Gasteiger charge is -2.24. The molecule has 0 heterocycles. The molecule has 0 aromatic rings. The number of carbonyl (C=O) groups is 6. The third-order valence-electron chi connectivity index (χ3n) is 4.15. The highest BCUT2D eigenvalue weighted by Crippen LogP contribution is 2.18. The fourth-order valence-corrected chi connectivity index (χ4v) is 1.62. The predicted molar refractivity (Wildman–Crippen MR) is 138 cm³/mol. The van der Waals surface area contributed by atoms with Crippen LogP contribution in [0, 0.1) is 5.41 Å². The molecular weight excluding hydrogens is 508 g/mol. The topological polar surface area (TPSA) is 244 Å². The van der Waals surface area contributed by atoms with E-state index in [1.165, 1.54) is 13.8 Å². The molecule has 0 atom stereocenters. The average Bonchev–Trinajstić information content (AvgIpc) is 2.87. The van der Waals surface area contributed by atoms with E-state index in [4.69, 9.17) is 35.7 Å². The minimum Gasteiger partial charge on any atom is -0.478 e. The number of Topliss-reactive ketones (excluding diaryl/α,β-unsaturated/α-hetero) is 2. The lowest BCUT2D eigenvalue weighted by Crippen LogP contribution is -2.32. The summed E-state index contributed by atoms with van der Waals surface area (Å²) in [5.74, 6) is -4.70. The van der Waals surface area contributed by atoms with E-state index in [1.54, 1.807) is 6.92 Å². The van der Waals surface area contributed by atoms with Crippen LogP contribution in [-0.2, 0) is 28.8 Å². The summed E-state index contributed by atoms with van der Waals surface area (Å²) < 4.78 is 0. The minimum absolute atomic E-state index is 0.0266. The zero-order valence-corrected chi connectivity index (χ0v) is 22.2. The number of hydrogen-bond donors (Lipinski definition) is 7. The number of aliphatic carboxylic acids is 4. The molecule has 0 amide bonds. The molecular formula is C25H40O13. The Labute approximate surface area is 221 Å². The van der Waals surface area contributed by atoms with Gasteiger partial charge >= 0.3 is 23.9 Å². The number of rotatable bonds is 12. The van der Waals surface area contributed by atoms with Gasteiger partial charge in [0.2, 0.25) is 0 Å². The second kappa shape index (κ2) is 27.6. The van der Waals surface area contributed by atoms with Crippen molar-refractivity contribution in [3.8, 4) is 0 Å². The summed E-state index contributed by atoms with van der Waals surface area (Å²) in [5.41, 5.74) is -0.411. The van der Waals surface area contributed by atoms with Crippen molar-refractivity contribution in [3.63, 3.8) is 0 Å². The van der Waals surface area contributed by atoms with Gasteiger partial charge in [-0.05, 0) is 26.7 Å². The molecule has 0 aliphatic rings. The molecule has 0 saturated carbocycles. The fraction of sp³-hybridized carbons (Fsp3) is 0.440. The molecule has 0 spiro atoms. The van der Waals surface area contributed by atoms with Gasteiger partial charge in [0.25, 0.3) is 0 Å². The van der Waals surface area contributed by atoms with Gasteiger partial charge in [0, 0.05) is 34.8 Å². The van der Waals surface area contributed by atoms with Crippen LogP contribution in [0.15, 0.2) is 49.1 Å². The van der Waals surface area contributed by atoms with E-state index < -0.39 is 29.3 Å². The Hall–Kier alpha value is -3.94. The molecule has 13 heteroatoms. The zero-order chi connectivity index (χ0) is 31.5. The summed E-state index contributed by atoms with van der Waals surface area (Å²) in [6.07, 6.45) is 3.22. The first-order valence-corrected chi connectivity index (χ1v) is 10.8. The zero-order valence-electron chi connectivity index (χ0n) is 22.2. The highest BCUT2D eigenvalue weighted by Gasteiger charge is 2.24. The van der Waals surface area contributed by atoms with Gasteiger partial charge in [-0.2, -0.15) is 0 Å². The van der Waals surface area contributed by atoms with E-state index in [2.05, 4.69) is 19.7 Å². The van der Waals surface area contributed by atoms with Gasteiger partial charge in [-0.1, -0.05) is 33.6 Å². The van der Waals surface area contributed by atoms with Crippen LogP contribution < -0.4 is 0 Å². The SMILES string of the molecule is C=CC(=O)O.C=CC(=O)O.C=CC(=O)O.CCC(C(=O)CC(C)=O)=C(C)C(=O)O.CCC(CO)(CO)CO. The Bertz CT molecular complexity index is 759. The van der Waals surface area contributed by atoms with Crippen molar-refractivity contribution in [1.82, 2.24) is 0 Å². The highest BCUT2D eigenvalue weighted by atomic mass is 16.4.